The first kappa shape index (κ1) is 11.3. The van der Waals surface area contributed by atoms with E-state index in [1.165, 1.54) is 11.3 Å². The molecule has 0 aliphatic carbocycles. The van der Waals surface area contributed by atoms with Crippen LogP contribution in [0.25, 0.3) is 0 Å². The van der Waals surface area contributed by atoms with Gasteiger partial charge in [-0.25, -0.2) is 4.98 Å². The first-order chi connectivity index (χ1) is 7.74. The number of carbonyl (C=O) groups is 1. The lowest BCUT2D eigenvalue weighted by Crippen LogP contribution is -2.06. The van der Waals surface area contributed by atoms with Gasteiger partial charge in [-0.3, -0.25) is 4.79 Å². The average molecular weight is 252 g/mol. The zero-order valence-corrected chi connectivity index (χ0v) is 10.1. The van der Waals surface area contributed by atoms with Gasteiger partial charge in [-0.2, -0.15) is 0 Å². The first-order valence-electron chi connectivity index (χ1n) is 4.88. The molecule has 0 atom stereocenters. The first-order valence-corrected chi connectivity index (χ1v) is 6.14. The summed E-state index contributed by atoms with van der Waals surface area (Å²) in [6.07, 6.45) is 2.58. The van der Waals surface area contributed by atoms with Crippen molar-refractivity contribution >= 4 is 28.7 Å². The van der Waals surface area contributed by atoms with Crippen LogP contribution in [0, 0.1) is 0 Å². The summed E-state index contributed by atoms with van der Waals surface area (Å²) in [7, 11) is 0. The quantitative estimate of drug-likeness (QED) is 0.836. The molecule has 0 N–H and O–H groups in total. The summed E-state index contributed by atoms with van der Waals surface area (Å²) in [5.41, 5.74) is 0.992. The minimum absolute atomic E-state index is 0.178. The highest BCUT2D eigenvalue weighted by Gasteiger charge is 2.06. The summed E-state index contributed by atoms with van der Waals surface area (Å²) in [6.45, 7) is 0. The Labute approximate surface area is 103 Å². The minimum atomic E-state index is 0.178. The standard InChI is InChI=1S/C12H10ClNOS/c13-10-3-1-9(2-4-10)7-11(15)8-12-14-5-6-16-12/h1-6H,7-8H2. The van der Waals surface area contributed by atoms with Crippen molar-refractivity contribution < 1.29 is 4.79 Å². The molecule has 0 saturated heterocycles. The van der Waals surface area contributed by atoms with Gasteiger partial charge in [-0.15, -0.1) is 11.3 Å². The number of halogens is 1. The van der Waals surface area contributed by atoms with Gasteiger partial charge in [-0.1, -0.05) is 23.7 Å². The van der Waals surface area contributed by atoms with E-state index in [4.69, 9.17) is 11.6 Å². The summed E-state index contributed by atoms with van der Waals surface area (Å²) >= 11 is 7.28. The van der Waals surface area contributed by atoms with Crippen molar-refractivity contribution in [1.82, 2.24) is 4.98 Å². The molecule has 0 spiro atoms. The molecule has 1 heterocycles. The molecule has 4 heteroatoms. The third kappa shape index (κ3) is 3.15. The molecule has 0 bridgehead atoms. The maximum Gasteiger partial charge on any atom is 0.144 e. The molecular formula is C12H10ClNOS. The Balaban J connectivity index is 1.95. The molecule has 1 aromatic carbocycles. The second-order valence-corrected chi connectivity index (χ2v) is 4.86. The normalized spacial score (nSPS) is 10.3. The fourth-order valence-electron chi connectivity index (χ4n) is 1.40. The van der Waals surface area contributed by atoms with Crippen LogP contribution in [0.15, 0.2) is 35.8 Å². The largest absolute Gasteiger partial charge is 0.299 e. The predicted molar refractivity (Wildman–Crippen MR) is 66.0 cm³/mol. The number of Topliss-reactive ketones (excluding diaryl/α,β-unsaturated/α-hetero) is 1. The summed E-state index contributed by atoms with van der Waals surface area (Å²) in [4.78, 5) is 15.8. The lowest BCUT2D eigenvalue weighted by Gasteiger charge is -1.99. The van der Waals surface area contributed by atoms with Crippen LogP contribution in [-0.2, 0) is 17.6 Å². The zero-order valence-electron chi connectivity index (χ0n) is 8.52. The number of carbonyl (C=O) groups excluding carboxylic acids is 1. The van der Waals surface area contributed by atoms with E-state index in [9.17, 15) is 4.79 Å². The van der Waals surface area contributed by atoms with Crippen molar-refractivity contribution in [3.05, 3.63) is 51.4 Å². The van der Waals surface area contributed by atoms with E-state index in [0.717, 1.165) is 10.6 Å². The smallest absolute Gasteiger partial charge is 0.144 e. The van der Waals surface area contributed by atoms with Gasteiger partial charge in [0, 0.05) is 23.0 Å². The van der Waals surface area contributed by atoms with Crippen molar-refractivity contribution in [2.45, 2.75) is 12.8 Å². The van der Waals surface area contributed by atoms with Crippen molar-refractivity contribution in [2.24, 2.45) is 0 Å². The number of benzene rings is 1. The average Bonchev–Trinajstić information content (AvgIpc) is 2.74. The van der Waals surface area contributed by atoms with Crippen LogP contribution < -0.4 is 0 Å². The van der Waals surface area contributed by atoms with E-state index in [2.05, 4.69) is 4.98 Å². The molecule has 0 fully saturated rings. The predicted octanol–water partition coefficient (Wildman–Crippen LogP) is 3.15. The topological polar surface area (TPSA) is 30.0 Å². The van der Waals surface area contributed by atoms with Crippen LogP contribution >= 0.6 is 22.9 Å². The molecule has 0 aliphatic heterocycles. The van der Waals surface area contributed by atoms with Crippen molar-refractivity contribution in [1.29, 1.82) is 0 Å². The Kier molecular flexibility index (Phi) is 3.70. The Morgan fingerprint density at radius 2 is 2.00 bits per heavy atom. The Bertz CT molecular complexity index is 464. The highest BCUT2D eigenvalue weighted by molar-refractivity contribution is 7.09. The van der Waals surface area contributed by atoms with Crippen molar-refractivity contribution in [3.8, 4) is 0 Å². The number of ketones is 1. The molecule has 0 unspecified atom stereocenters. The van der Waals surface area contributed by atoms with Crippen LogP contribution in [0.3, 0.4) is 0 Å². The molecule has 0 radical (unpaired) electrons. The molecule has 16 heavy (non-hydrogen) atoms. The Morgan fingerprint density at radius 1 is 1.25 bits per heavy atom. The maximum absolute atomic E-state index is 11.7. The lowest BCUT2D eigenvalue weighted by molar-refractivity contribution is -0.117. The molecule has 1 aromatic heterocycles. The van der Waals surface area contributed by atoms with Crippen LogP contribution in [-0.4, -0.2) is 10.8 Å². The SMILES string of the molecule is O=C(Cc1ccc(Cl)cc1)Cc1nccs1. The maximum atomic E-state index is 11.7. The molecular weight excluding hydrogens is 242 g/mol. The van der Waals surface area contributed by atoms with Crippen molar-refractivity contribution in [2.75, 3.05) is 0 Å². The Hall–Kier alpha value is -1.19. The third-order valence-electron chi connectivity index (χ3n) is 2.15. The highest BCUT2D eigenvalue weighted by atomic mass is 35.5. The second-order valence-electron chi connectivity index (χ2n) is 3.44. The van der Waals surface area contributed by atoms with Gasteiger partial charge in [-0.05, 0) is 17.7 Å². The minimum Gasteiger partial charge on any atom is -0.299 e. The molecule has 0 saturated carbocycles. The zero-order chi connectivity index (χ0) is 11.4. The third-order valence-corrected chi connectivity index (χ3v) is 3.18. The van der Waals surface area contributed by atoms with E-state index in [1.807, 2.05) is 17.5 Å². The fraction of sp³-hybridized carbons (Fsp3) is 0.167. The van der Waals surface area contributed by atoms with Gasteiger partial charge in [0.05, 0.1) is 11.4 Å². The molecule has 0 amide bonds. The van der Waals surface area contributed by atoms with E-state index in [0.29, 0.717) is 17.9 Å². The molecule has 0 aliphatic rings. The van der Waals surface area contributed by atoms with Gasteiger partial charge in [0.15, 0.2) is 0 Å². The van der Waals surface area contributed by atoms with Gasteiger partial charge < -0.3 is 0 Å². The number of hydrogen-bond donors (Lipinski definition) is 0. The van der Waals surface area contributed by atoms with Crippen molar-refractivity contribution in [3.63, 3.8) is 0 Å². The fourth-order valence-corrected chi connectivity index (χ4v) is 2.17. The monoisotopic (exact) mass is 251 g/mol. The van der Waals surface area contributed by atoms with Crippen LogP contribution in [0.1, 0.15) is 10.6 Å². The van der Waals surface area contributed by atoms with Gasteiger partial charge in [0.2, 0.25) is 0 Å². The molecule has 82 valence electrons. The molecule has 2 rings (SSSR count). The summed E-state index contributed by atoms with van der Waals surface area (Å²) in [6, 6.07) is 7.35. The lowest BCUT2D eigenvalue weighted by atomic mass is 10.1. The second kappa shape index (κ2) is 5.23. The summed E-state index contributed by atoms with van der Waals surface area (Å²) < 4.78 is 0. The van der Waals surface area contributed by atoms with Gasteiger partial charge in [0.25, 0.3) is 0 Å². The van der Waals surface area contributed by atoms with Gasteiger partial charge >= 0.3 is 0 Å². The van der Waals surface area contributed by atoms with E-state index < -0.39 is 0 Å². The molecule has 2 nitrogen and oxygen atoms in total. The summed E-state index contributed by atoms with van der Waals surface area (Å²) in [5.74, 6) is 0.178. The number of thiazole rings is 1. The molecule has 2 aromatic rings. The number of hydrogen-bond acceptors (Lipinski definition) is 3. The summed E-state index contributed by atoms with van der Waals surface area (Å²) in [5, 5.41) is 3.44. The number of aromatic nitrogens is 1. The Morgan fingerprint density at radius 3 is 2.62 bits per heavy atom. The van der Waals surface area contributed by atoms with E-state index in [1.54, 1.807) is 18.3 Å². The van der Waals surface area contributed by atoms with Crippen LogP contribution in [0.5, 0.6) is 0 Å². The van der Waals surface area contributed by atoms with Crippen LogP contribution in [0.4, 0.5) is 0 Å². The highest BCUT2D eigenvalue weighted by Crippen LogP contribution is 2.12. The number of rotatable bonds is 4. The van der Waals surface area contributed by atoms with E-state index >= 15 is 0 Å². The number of nitrogens with zero attached hydrogens (tertiary/aromatic N) is 1. The van der Waals surface area contributed by atoms with Gasteiger partial charge in [0.1, 0.15) is 5.78 Å². The van der Waals surface area contributed by atoms with E-state index in [-0.39, 0.29) is 5.78 Å². The van der Waals surface area contributed by atoms with Crippen LogP contribution in [0.2, 0.25) is 5.02 Å².